The van der Waals surface area contributed by atoms with E-state index in [4.69, 9.17) is 28.6 Å². The van der Waals surface area contributed by atoms with Crippen LogP contribution in [0.1, 0.15) is 0 Å². The van der Waals surface area contributed by atoms with Crippen LogP contribution in [-0.4, -0.2) is 22.3 Å². The molecule has 0 unspecified atom stereocenters. The maximum Gasteiger partial charge on any atom is 0.215 e. The molecule has 5 nitrogen and oxygen atoms in total. The van der Waals surface area contributed by atoms with Crippen molar-refractivity contribution in [2.45, 2.75) is 0 Å². The van der Waals surface area contributed by atoms with Gasteiger partial charge in [-0.3, -0.25) is 5.10 Å². The molecule has 88 valence electrons. The topological polar surface area (TPSA) is 62.8 Å². The van der Waals surface area contributed by atoms with Gasteiger partial charge in [-0.05, 0) is 30.4 Å². The second kappa shape index (κ2) is 5.11. The summed E-state index contributed by atoms with van der Waals surface area (Å²) in [6.07, 6.45) is 1.54. The third-order valence-electron chi connectivity index (χ3n) is 1.99. The average molecular weight is 269 g/mol. The lowest BCUT2D eigenvalue weighted by Gasteiger charge is -2.07. The minimum Gasteiger partial charge on any atom is -0.495 e. The Bertz CT molecular complexity index is 587. The monoisotopic (exact) mass is 268 g/mol. The zero-order valence-corrected chi connectivity index (χ0v) is 10.5. The Hall–Kier alpha value is -1.66. The third kappa shape index (κ3) is 2.92. The van der Waals surface area contributed by atoms with E-state index in [1.807, 2.05) is 6.07 Å². The highest BCUT2D eigenvalue weighted by atomic mass is 35.5. The molecule has 0 saturated carbocycles. The summed E-state index contributed by atoms with van der Waals surface area (Å²) in [7, 11) is 1.57. The predicted molar refractivity (Wildman–Crippen MR) is 68.5 cm³/mol. The molecule has 0 aliphatic rings. The van der Waals surface area contributed by atoms with Crippen LogP contribution in [0.15, 0.2) is 24.4 Å². The molecule has 0 spiro atoms. The van der Waals surface area contributed by atoms with Crippen LogP contribution in [0, 0.1) is 4.77 Å². The van der Waals surface area contributed by atoms with Gasteiger partial charge >= 0.3 is 0 Å². The number of halogens is 1. The Balaban J connectivity index is 2.25. The van der Waals surface area contributed by atoms with Crippen LogP contribution in [0.5, 0.6) is 5.75 Å². The molecule has 17 heavy (non-hydrogen) atoms. The fourth-order valence-corrected chi connectivity index (χ4v) is 1.67. The molecule has 0 bridgehead atoms. The molecule has 1 aromatic carbocycles. The highest BCUT2D eigenvalue weighted by Crippen LogP contribution is 2.28. The number of benzene rings is 1. The molecule has 0 fully saturated rings. The Kier molecular flexibility index (Phi) is 3.55. The van der Waals surface area contributed by atoms with Gasteiger partial charge in [-0.2, -0.15) is 10.1 Å². The molecule has 2 rings (SSSR count). The van der Waals surface area contributed by atoms with E-state index in [0.717, 1.165) is 5.69 Å². The summed E-state index contributed by atoms with van der Waals surface area (Å²) in [4.78, 5) is 4.05. The first-order chi connectivity index (χ1) is 8.19. The number of anilines is 2. The van der Waals surface area contributed by atoms with Crippen molar-refractivity contribution >= 4 is 35.3 Å². The van der Waals surface area contributed by atoms with E-state index in [9.17, 15) is 0 Å². The second-order valence-electron chi connectivity index (χ2n) is 3.15. The van der Waals surface area contributed by atoms with Gasteiger partial charge < -0.3 is 10.1 Å². The van der Waals surface area contributed by atoms with Gasteiger partial charge in [-0.25, -0.2) is 0 Å². The van der Waals surface area contributed by atoms with Gasteiger partial charge in [-0.15, -0.1) is 0 Å². The van der Waals surface area contributed by atoms with Gasteiger partial charge in [0, 0.05) is 5.69 Å². The maximum absolute atomic E-state index is 6.00. The molecule has 7 heteroatoms. The molecule has 2 aromatic rings. The molecule has 0 amide bonds. The standard InChI is InChI=1S/C10H9ClN4OS/c1-16-8-3-2-6(4-7(8)11)13-9-5-12-15-10(17)14-9/h2-5H,1H3,(H2,13,14,15,17). The number of methoxy groups -OCH3 is 1. The first kappa shape index (κ1) is 11.8. The summed E-state index contributed by atoms with van der Waals surface area (Å²) >= 11 is 10.9. The van der Waals surface area contributed by atoms with Crippen LogP contribution in [0.4, 0.5) is 11.5 Å². The number of nitrogens with zero attached hydrogens (tertiary/aromatic N) is 2. The fourth-order valence-electron chi connectivity index (χ4n) is 1.26. The Morgan fingerprint density at radius 2 is 2.29 bits per heavy atom. The number of ether oxygens (including phenoxy) is 1. The van der Waals surface area contributed by atoms with E-state index in [-0.39, 0.29) is 0 Å². The van der Waals surface area contributed by atoms with Gasteiger partial charge in [0.1, 0.15) is 5.75 Å². The van der Waals surface area contributed by atoms with Crippen molar-refractivity contribution in [3.63, 3.8) is 0 Å². The van der Waals surface area contributed by atoms with Gasteiger partial charge in [-0.1, -0.05) is 11.6 Å². The third-order valence-corrected chi connectivity index (χ3v) is 2.47. The molecule has 1 aromatic heterocycles. The molecule has 1 heterocycles. The van der Waals surface area contributed by atoms with E-state index >= 15 is 0 Å². The van der Waals surface area contributed by atoms with Crippen molar-refractivity contribution < 1.29 is 4.74 Å². The first-order valence-electron chi connectivity index (χ1n) is 4.71. The van der Waals surface area contributed by atoms with Crippen molar-refractivity contribution in [3.8, 4) is 5.75 Å². The number of H-pyrrole nitrogens is 1. The smallest absolute Gasteiger partial charge is 0.215 e. The van der Waals surface area contributed by atoms with Crippen molar-refractivity contribution in [1.29, 1.82) is 0 Å². The van der Waals surface area contributed by atoms with Crippen LogP contribution < -0.4 is 10.1 Å². The van der Waals surface area contributed by atoms with Gasteiger partial charge in [0.25, 0.3) is 0 Å². The number of nitrogens with one attached hydrogen (secondary N) is 2. The molecule has 2 N–H and O–H groups in total. The van der Waals surface area contributed by atoms with E-state index in [2.05, 4.69) is 20.5 Å². The number of aromatic nitrogens is 3. The normalized spacial score (nSPS) is 10.0. The molecule has 0 atom stereocenters. The van der Waals surface area contributed by atoms with Gasteiger partial charge in [0.05, 0.1) is 18.3 Å². The summed E-state index contributed by atoms with van der Waals surface area (Å²) in [6.45, 7) is 0. The van der Waals surface area contributed by atoms with Crippen LogP contribution in [0.25, 0.3) is 0 Å². The summed E-state index contributed by atoms with van der Waals surface area (Å²) in [6, 6.07) is 5.33. The number of aromatic amines is 1. The fraction of sp³-hybridized carbons (Fsp3) is 0.100. The maximum atomic E-state index is 6.00. The molecule has 0 radical (unpaired) electrons. The number of hydrogen-bond acceptors (Lipinski definition) is 5. The largest absolute Gasteiger partial charge is 0.495 e. The van der Waals surface area contributed by atoms with Crippen LogP contribution in [0.3, 0.4) is 0 Å². The van der Waals surface area contributed by atoms with E-state index in [0.29, 0.717) is 21.4 Å². The number of hydrogen-bond donors (Lipinski definition) is 2. The van der Waals surface area contributed by atoms with Crippen LogP contribution in [0.2, 0.25) is 5.02 Å². The SMILES string of the molecule is COc1ccc(Nc2cn[nH]c(=S)n2)cc1Cl. The van der Waals surface area contributed by atoms with E-state index in [1.54, 1.807) is 19.2 Å². The zero-order chi connectivity index (χ0) is 12.3. The lowest BCUT2D eigenvalue weighted by atomic mass is 10.3. The molecular formula is C10H9ClN4OS. The highest BCUT2D eigenvalue weighted by Gasteiger charge is 2.02. The highest BCUT2D eigenvalue weighted by molar-refractivity contribution is 7.71. The minimum absolute atomic E-state index is 0.314. The van der Waals surface area contributed by atoms with Crippen molar-refractivity contribution in [1.82, 2.24) is 15.2 Å². The molecular weight excluding hydrogens is 260 g/mol. The zero-order valence-electron chi connectivity index (χ0n) is 8.90. The Labute approximate surface area is 108 Å². The molecule has 0 saturated heterocycles. The summed E-state index contributed by atoms with van der Waals surface area (Å²) in [5.41, 5.74) is 0.783. The van der Waals surface area contributed by atoms with Gasteiger partial charge in [0.15, 0.2) is 5.82 Å². The minimum atomic E-state index is 0.314. The lowest BCUT2D eigenvalue weighted by Crippen LogP contribution is -1.96. The summed E-state index contributed by atoms with van der Waals surface area (Å²) < 4.78 is 5.37. The Morgan fingerprint density at radius 1 is 1.47 bits per heavy atom. The van der Waals surface area contributed by atoms with Crippen LogP contribution in [-0.2, 0) is 0 Å². The van der Waals surface area contributed by atoms with Crippen molar-refractivity contribution in [2.24, 2.45) is 0 Å². The average Bonchev–Trinajstić information content (AvgIpc) is 2.29. The summed E-state index contributed by atoms with van der Waals surface area (Å²) in [5.74, 6) is 1.17. The van der Waals surface area contributed by atoms with Gasteiger partial charge in [0.2, 0.25) is 4.77 Å². The lowest BCUT2D eigenvalue weighted by molar-refractivity contribution is 0.415. The quantitative estimate of drug-likeness (QED) is 0.838. The van der Waals surface area contributed by atoms with Crippen molar-refractivity contribution in [3.05, 3.63) is 34.2 Å². The predicted octanol–water partition coefficient (Wildman–Crippen LogP) is 2.94. The van der Waals surface area contributed by atoms with E-state index < -0.39 is 0 Å². The van der Waals surface area contributed by atoms with Crippen molar-refractivity contribution in [2.75, 3.05) is 12.4 Å². The van der Waals surface area contributed by atoms with E-state index in [1.165, 1.54) is 6.20 Å². The molecule has 0 aliphatic carbocycles. The first-order valence-corrected chi connectivity index (χ1v) is 5.50. The summed E-state index contributed by atoms with van der Waals surface area (Å²) in [5, 5.41) is 9.94. The van der Waals surface area contributed by atoms with Crippen LogP contribution >= 0.6 is 23.8 Å². The second-order valence-corrected chi connectivity index (χ2v) is 3.94. The Morgan fingerprint density at radius 3 is 2.94 bits per heavy atom. The number of rotatable bonds is 3. The molecule has 0 aliphatic heterocycles.